The van der Waals surface area contributed by atoms with Crippen LogP contribution in [0.2, 0.25) is 0 Å². The number of carbonyl (C=O) groups is 1. The van der Waals surface area contributed by atoms with Gasteiger partial charge in [-0.3, -0.25) is 4.79 Å². The van der Waals surface area contributed by atoms with Crippen molar-refractivity contribution in [2.24, 2.45) is 0 Å². The van der Waals surface area contributed by atoms with Crippen LogP contribution in [0.25, 0.3) is 0 Å². The molecule has 0 aromatic heterocycles. The second-order valence-corrected chi connectivity index (χ2v) is 7.51. The van der Waals surface area contributed by atoms with E-state index in [9.17, 15) is 13.2 Å². The highest BCUT2D eigenvalue weighted by atomic mass is 32.2. The van der Waals surface area contributed by atoms with Gasteiger partial charge in [0.1, 0.15) is 11.5 Å². The molecular formula is C14H19NO6S. The van der Waals surface area contributed by atoms with Gasteiger partial charge in [0.2, 0.25) is 0 Å². The SMILES string of the molecule is CC(=O)OC1Oc2ccc(OS(=O)(=O)N(C)C)cc2C1(C)C. The predicted molar refractivity (Wildman–Crippen MR) is 78.9 cm³/mol. The van der Waals surface area contributed by atoms with Crippen molar-refractivity contribution >= 4 is 16.3 Å². The highest BCUT2D eigenvalue weighted by molar-refractivity contribution is 7.84. The number of ether oxygens (including phenoxy) is 2. The van der Waals surface area contributed by atoms with Crippen LogP contribution in [0.3, 0.4) is 0 Å². The van der Waals surface area contributed by atoms with E-state index >= 15 is 0 Å². The Balaban J connectivity index is 2.33. The summed E-state index contributed by atoms with van der Waals surface area (Å²) in [5.41, 5.74) is 0.0904. The van der Waals surface area contributed by atoms with Gasteiger partial charge in [0.05, 0.1) is 5.41 Å². The van der Waals surface area contributed by atoms with Gasteiger partial charge in [-0.2, -0.15) is 12.7 Å². The standard InChI is InChI=1S/C14H19NO6S/c1-9(16)19-13-14(2,3)11-8-10(6-7-12(11)20-13)21-22(17,18)15(4)5/h6-8,13H,1-5H3. The van der Waals surface area contributed by atoms with Crippen molar-refractivity contribution in [1.82, 2.24) is 4.31 Å². The summed E-state index contributed by atoms with van der Waals surface area (Å²) in [6, 6.07) is 4.67. The number of fused-ring (bicyclic) bond motifs is 1. The quantitative estimate of drug-likeness (QED) is 0.777. The number of hydrogen-bond acceptors (Lipinski definition) is 6. The van der Waals surface area contributed by atoms with Crippen molar-refractivity contribution in [2.75, 3.05) is 14.1 Å². The Morgan fingerprint density at radius 3 is 2.50 bits per heavy atom. The van der Waals surface area contributed by atoms with Crippen LogP contribution in [-0.2, 0) is 25.3 Å². The van der Waals surface area contributed by atoms with Gasteiger partial charge in [-0.15, -0.1) is 0 Å². The van der Waals surface area contributed by atoms with Gasteiger partial charge in [0.25, 0.3) is 6.29 Å². The van der Waals surface area contributed by atoms with Crippen LogP contribution in [0.5, 0.6) is 11.5 Å². The first-order valence-electron chi connectivity index (χ1n) is 6.64. The minimum Gasteiger partial charge on any atom is -0.454 e. The number of benzene rings is 1. The van der Waals surface area contributed by atoms with E-state index < -0.39 is 28.0 Å². The molecule has 1 aromatic carbocycles. The summed E-state index contributed by atoms with van der Waals surface area (Å²) in [5.74, 6) is 0.260. The average Bonchev–Trinajstić information content (AvgIpc) is 2.60. The third kappa shape index (κ3) is 3.02. The largest absolute Gasteiger partial charge is 0.454 e. The maximum Gasteiger partial charge on any atom is 0.384 e. The lowest BCUT2D eigenvalue weighted by Gasteiger charge is -2.24. The van der Waals surface area contributed by atoms with E-state index in [1.807, 2.05) is 13.8 Å². The minimum absolute atomic E-state index is 0.174. The molecule has 1 atom stereocenters. The summed E-state index contributed by atoms with van der Waals surface area (Å²) in [4.78, 5) is 11.2. The Morgan fingerprint density at radius 1 is 1.32 bits per heavy atom. The molecule has 0 saturated heterocycles. The first-order chi connectivity index (χ1) is 10.0. The fourth-order valence-corrected chi connectivity index (χ4v) is 2.57. The second-order valence-electron chi connectivity index (χ2n) is 5.76. The van der Waals surface area contributed by atoms with Gasteiger partial charge in [-0.25, -0.2) is 0 Å². The number of rotatable bonds is 4. The van der Waals surface area contributed by atoms with Crippen LogP contribution in [0.4, 0.5) is 0 Å². The zero-order chi connectivity index (χ0) is 16.7. The highest BCUT2D eigenvalue weighted by Crippen LogP contribution is 2.44. The maximum absolute atomic E-state index is 11.8. The van der Waals surface area contributed by atoms with Crippen molar-refractivity contribution < 1.29 is 26.9 Å². The van der Waals surface area contributed by atoms with Crippen LogP contribution in [0.1, 0.15) is 26.3 Å². The van der Waals surface area contributed by atoms with Crippen molar-refractivity contribution in [3.05, 3.63) is 23.8 Å². The third-order valence-electron chi connectivity index (χ3n) is 3.39. The van der Waals surface area contributed by atoms with E-state index in [2.05, 4.69) is 0 Å². The smallest absolute Gasteiger partial charge is 0.384 e. The molecule has 7 nitrogen and oxygen atoms in total. The topological polar surface area (TPSA) is 82.1 Å². The Morgan fingerprint density at radius 2 is 1.95 bits per heavy atom. The van der Waals surface area contributed by atoms with Gasteiger partial charge in [-0.1, -0.05) is 0 Å². The van der Waals surface area contributed by atoms with Crippen molar-refractivity contribution in [1.29, 1.82) is 0 Å². The molecule has 0 bridgehead atoms. The van der Waals surface area contributed by atoms with E-state index in [4.69, 9.17) is 13.7 Å². The molecule has 1 aromatic rings. The van der Waals surface area contributed by atoms with Gasteiger partial charge in [0, 0.05) is 26.6 Å². The molecule has 0 spiro atoms. The first kappa shape index (κ1) is 16.6. The molecule has 1 aliphatic heterocycles. The van der Waals surface area contributed by atoms with Gasteiger partial charge in [0.15, 0.2) is 0 Å². The maximum atomic E-state index is 11.8. The summed E-state index contributed by atoms with van der Waals surface area (Å²) >= 11 is 0. The van der Waals surface area contributed by atoms with Crippen molar-refractivity contribution in [3.63, 3.8) is 0 Å². The lowest BCUT2D eigenvalue weighted by atomic mass is 9.85. The molecule has 122 valence electrons. The molecule has 22 heavy (non-hydrogen) atoms. The number of esters is 1. The van der Waals surface area contributed by atoms with Gasteiger partial charge < -0.3 is 13.7 Å². The zero-order valence-electron chi connectivity index (χ0n) is 13.1. The summed E-state index contributed by atoms with van der Waals surface area (Å²) in [7, 11) is -1.07. The van der Waals surface area contributed by atoms with Crippen LogP contribution in [0.15, 0.2) is 18.2 Å². The highest BCUT2D eigenvalue weighted by Gasteiger charge is 2.44. The Bertz CT molecular complexity index is 695. The van der Waals surface area contributed by atoms with Crippen LogP contribution >= 0.6 is 0 Å². The molecule has 8 heteroatoms. The number of hydrogen-bond donors (Lipinski definition) is 0. The predicted octanol–water partition coefficient (Wildman–Crippen LogP) is 1.43. The molecule has 0 amide bonds. The normalized spacial score (nSPS) is 19.5. The zero-order valence-corrected chi connectivity index (χ0v) is 13.9. The van der Waals surface area contributed by atoms with E-state index in [0.29, 0.717) is 11.3 Å². The Kier molecular flexibility index (Phi) is 4.09. The second kappa shape index (κ2) is 5.44. The van der Waals surface area contributed by atoms with E-state index in [1.165, 1.54) is 27.1 Å². The molecule has 1 heterocycles. The average molecular weight is 329 g/mol. The van der Waals surface area contributed by atoms with E-state index in [1.54, 1.807) is 12.1 Å². The number of nitrogens with zero attached hydrogens (tertiary/aromatic N) is 1. The first-order valence-corrected chi connectivity index (χ1v) is 8.01. The van der Waals surface area contributed by atoms with E-state index in [-0.39, 0.29) is 5.75 Å². The van der Waals surface area contributed by atoms with Crippen LogP contribution < -0.4 is 8.92 Å². The Labute approximate surface area is 130 Å². The molecule has 0 saturated carbocycles. The van der Waals surface area contributed by atoms with Crippen molar-refractivity contribution in [2.45, 2.75) is 32.5 Å². The monoisotopic (exact) mass is 329 g/mol. The molecule has 0 N–H and O–H groups in total. The minimum atomic E-state index is -3.83. The van der Waals surface area contributed by atoms with Crippen molar-refractivity contribution in [3.8, 4) is 11.5 Å². The summed E-state index contributed by atoms with van der Waals surface area (Å²) in [6.07, 6.45) is -0.763. The molecule has 0 aliphatic carbocycles. The molecule has 2 rings (SSSR count). The summed E-state index contributed by atoms with van der Waals surface area (Å²) < 4.78 is 40.3. The number of carbonyl (C=O) groups excluding carboxylic acids is 1. The fraction of sp³-hybridized carbons (Fsp3) is 0.500. The third-order valence-corrected chi connectivity index (χ3v) is 4.69. The lowest BCUT2D eigenvalue weighted by molar-refractivity contribution is -0.165. The fourth-order valence-electron chi connectivity index (χ4n) is 2.08. The van der Waals surface area contributed by atoms with Crippen LogP contribution in [0, 0.1) is 0 Å². The molecule has 0 radical (unpaired) electrons. The molecule has 0 fully saturated rings. The summed E-state index contributed by atoms with van der Waals surface area (Å²) in [5, 5.41) is 0. The Hall–Kier alpha value is -1.80. The van der Waals surface area contributed by atoms with E-state index in [0.717, 1.165) is 4.31 Å². The molecular weight excluding hydrogens is 310 g/mol. The molecule has 1 unspecified atom stereocenters. The van der Waals surface area contributed by atoms with Gasteiger partial charge >= 0.3 is 16.3 Å². The lowest BCUT2D eigenvalue weighted by Crippen LogP contribution is -2.36. The van der Waals surface area contributed by atoms with Gasteiger partial charge in [-0.05, 0) is 32.0 Å². The molecule has 1 aliphatic rings. The van der Waals surface area contributed by atoms with Crippen LogP contribution in [-0.4, -0.2) is 39.1 Å². The summed E-state index contributed by atoms with van der Waals surface area (Å²) in [6.45, 7) is 4.99.